The van der Waals surface area contributed by atoms with E-state index >= 15 is 0 Å². The van der Waals surface area contributed by atoms with Gasteiger partial charge in [0, 0.05) is 0 Å². The van der Waals surface area contributed by atoms with Crippen molar-refractivity contribution in [3.63, 3.8) is 0 Å². The molecule has 0 aromatic carbocycles. The Kier molecular flexibility index (Phi) is 19.0. The van der Waals surface area contributed by atoms with Crippen LogP contribution in [0.3, 0.4) is 0 Å². The number of rotatable bonds is 17. The maximum atomic E-state index is 5.95. The maximum absolute atomic E-state index is 5.95. The van der Waals surface area contributed by atoms with Crippen LogP contribution in [0, 0.1) is 0 Å². The van der Waals surface area contributed by atoms with Crippen molar-refractivity contribution in [2.24, 2.45) is 0 Å². The Labute approximate surface area is 142 Å². The molecular weight excluding hydrogens is 255 g/mol. The van der Waals surface area contributed by atoms with E-state index in [-0.39, 0.29) is 6.29 Å². The normalized spacial score (nSPS) is 11.5. The fourth-order valence-electron chi connectivity index (χ4n) is 2.44. The zero-order valence-electron chi connectivity index (χ0n) is 15.0. The molecule has 0 aromatic rings. The van der Waals surface area contributed by atoms with Gasteiger partial charge in [0.1, 0.15) is 0 Å². The first kappa shape index (κ1) is 21.5. The van der Waals surface area contributed by atoms with Crippen molar-refractivity contribution in [2.45, 2.75) is 102 Å². The van der Waals surface area contributed by atoms with E-state index in [2.05, 4.69) is 31.6 Å². The number of hydrogen-bond acceptors (Lipinski definition) is 2. The molecule has 0 heterocycles. The molecule has 0 aliphatic heterocycles. The first-order chi connectivity index (χ1) is 10.3. The molecule has 0 amide bonds. The fraction of sp³-hybridized carbons (Fsp3) is 1.00. The van der Waals surface area contributed by atoms with Crippen molar-refractivity contribution in [3.05, 3.63) is 0 Å². The van der Waals surface area contributed by atoms with Gasteiger partial charge in [-0.1, -0.05) is 13.8 Å². The predicted octanol–water partition coefficient (Wildman–Crippen LogP) is 5.65. The summed E-state index contributed by atoms with van der Waals surface area (Å²) in [5, 5.41) is 1.29. The molecule has 122 valence electrons. The van der Waals surface area contributed by atoms with Crippen LogP contribution in [0.5, 0.6) is 0 Å². The topological polar surface area (TPSA) is 18.5 Å². The molecule has 0 N–H and O–H groups in total. The third-order valence-electron chi connectivity index (χ3n) is 3.90. The molecular formula is C18H37LiO2. The Morgan fingerprint density at radius 3 is 1.67 bits per heavy atom. The Balaban J connectivity index is 3.69. The minimum atomic E-state index is 0.0464. The van der Waals surface area contributed by atoms with Crippen LogP contribution in [0.1, 0.15) is 90.9 Å². The van der Waals surface area contributed by atoms with Crippen LogP contribution >= 0.6 is 0 Å². The second-order valence-electron chi connectivity index (χ2n) is 6.14. The molecule has 21 heavy (non-hydrogen) atoms. The minimum Gasteiger partial charge on any atom is -0.0654 e. The third kappa shape index (κ3) is 16.7. The Hall–Kier alpha value is 0.517. The Morgan fingerprint density at radius 1 is 0.667 bits per heavy atom. The summed E-state index contributed by atoms with van der Waals surface area (Å²) >= 11 is 2.26. The fourth-order valence-corrected chi connectivity index (χ4v) is 2.44. The molecule has 0 saturated heterocycles. The summed E-state index contributed by atoms with van der Waals surface area (Å²) in [6.45, 7) is 6.23. The summed E-state index contributed by atoms with van der Waals surface area (Å²) in [6.07, 6.45) is 15.1. The molecule has 0 spiro atoms. The van der Waals surface area contributed by atoms with Crippen LogP contribution in [0.15, 0.2) is 0 Å². The van der Waals surface area contributed by atoms with Crippen molar-refractivity contribution < 1.29 is 9.47 Å². The summed E-state index contributed by atoms with van der Waals surface area (Å²) in [6, 6.07) is 0. The SMILES string of the molecule is [Li][CH2]CCCCC(OCCCCCC)OCCCCCC. The van der Waals surface area contributed by atoms with E-state index < -0.39 is 0 Å². The van der Waals surface area contributed by atoms with E-state index in [0.717, 1.165) is 19.6 Å². The minimum absolute atomic E-state index is 0.0464. The Morgan fingerprint density at radius 2 is 1.19 bits per heavy atom. The second kappa shape index (κ2) is 18.6. The molecule has 0 rings (SSSR count). The molecule has 0 radical (unpaired) electrons. The molecule has 0 fully saturated rings. The molecule has 0 aromatic heterocycles. The molecule has 0 unspecified atom stereocenters. The molecule has 0 bridgehead atoms. The van der Waals surface area contributed by atoms with Crippen LogP contribution in [0.4, 0.5) is 0 Å². The monoisotopic (exact) mass is 292 g/mol. The van der Waals surface area contributed by atoms with E-state index in [4.69, 9.17) is 9.47 Å². The van der Waals surface area contributed by atoms with Gasteiger partial charge in [0.05, 0.1) is 0 Å². The standard InChI is InChI=1S/C18H37O2.Li/c1-4-7-10-13-16-19-18(15-12-9-6-3)20-17-14-11-8-5-2;/h18H,3-17H2,1-2H3;. The summed E-state index contributed by atoms with van der Waals surface area (Å²) < 4.78 is 11.9. The van der Waals surface area contributed by atoms with Crippen LogP contribution in [-0.2, 0) is 9.47 Å². The first-order valence-electron chi connectivity index (χ1n) is 9.58. The first-order valence-corrected chi connectivity index (χ1v) is 9.58. The van der Waals surface area contributed by atoms with Gasteiger partial charge in [-0.3, -0.25) is 0 Å². The summed E-state index contributed by atoms with van der Waals surface area (Å²) in [7, 11) is 0. The van der Waals surface area contributed by atoms with E-state index in [9.17, 15) is 0 Å². The van der Waals surface area contributed by atoms with Crippen molar-refractivity contribution in [2.75, 3.05) is 13.2 Å². The second-order valence-corrected chi connectivity index (χ2v) is 6.14. The summed E-state index contributed by atoms with van der Waals surface area (Å²) in [5.74, 6) is 0. The van der Waals surface area contributed by atoms with Crippen molar-refractivity contribution in [3.8, 4) is 0 Å². The van der Waals surface area contributed by atoms with Gasteiger partial charge in [-0.25, -0.2) is 0 Å². The quantitative estimate of drug-likeness (QED) is 0.196. The molecule has 0 aliphatic carbocycles. The van der Waals surface area contributed by atoms with Gasteiger partial charge in [0.15, 0.2) is 0 Å². The number of hydrogen-bond donors (Lipinski definition) is 0. The van der Waals surface area contributed by atoms with Crippen molar-refractivity contribution in [1.29, 1.82) is 0 Å². The van der Waals surface area contributed by atoms with Gasteiger partial charge in [-0.15, -0.1) is 0 Å². The van der Waals surface area contributed by atoms with E-state index in [1.54, 1.807) is 0 Å². The molecule has 3 heteroatoms. The molecule has 0 aliphatic rings. The molecule has 0 atom stereocenters. The van der Waals surface area contributed by atoms with E-state index in [1.165, 1.54) is 75.7 Å². The van der Waals surface area contributed by atoms with Crippen LogP contribution in [-0.4, -0.2) is 37.2 Å². The van der Waals surface area contributed by atoms with E-state index in [0.29, 0.717) is 0 Å². The smallest absolute Gasteiger partial charge is 0.0654 e. The number of ether oxygens (including phenoxy) is 2. The van der Waals surface area contributed by atoms with Gasteiger partial charge < -0.3 is 0 Å². The zero-order chi connectivity index (χ0) is 15.6. The van der Waals surface area contributed by atoms with E-state index in [1.807, 2.05) is 0 Å². The predicted molar refractivity (Wildman–Crippen MR) is 93.0 cm³/mol. The Bertz CT molecular complexity index is 174. The summed E-state index contributed by atoms with van der Waals surface area (Å²) in [5.41, 5.74) is 0. The van der Waals surface area contributed by atoms with Crippen LogP contribution in [0.25, 0.3) is 0 Å². The van der Waals surface area contributed by atoms with Crippen molar-refractivity contribution >= 4 is 17.7 Å². The zero-order valence-corrected chi connectivity index (χ0v) is 15.0. The van der Waals surface area contributed by atoms with Gasteiger partial charge in [-0.05, 0) is 0 Å². The molecule has 0 saturated carbocycles. The molecule has 2 nitrogen and oxygen atoms in total. The van der Waals surface area contributed by atoms with Gasteiger partial charge in [0.2, 0.25) is 0 Å². The summed E-state index contributed by atoms with van der Waals surface area (Å²) in [4.78, 5) is 0. The van der Waals surface area contributed by atoms with Crippen LogP contribution < -0.4 is 0 Å². The van der Waals surface area contributed by atoms with Gasteiger partial charge in [0.25, 0.3) is 0 Å². The van der Waals surface area contributed by atoms with Crippen molar-refractivity contribution in [1.82, 2.24) is 0 Å². The van der Waals surface area contributed by atoms with Gasteiger partial charge >= 0.3 is 129 Å². The average Bonchev–Trinajstić information content (AvgIpc) is 2.50. The van der Waals surface area contributed by atoms with Gasteiger partial charge in [-0.2, -0.15) is 0 Å². The van der Waals surface area contributed by atoms with Crippen LogP contribution in [0.2, 0.25) is 5.09 Å². The third-order valence-corrected chi connectivity index (χ3v) is 3.90. The average molecular weight is 292 g/mol. The number of unbranched alkanes of at least 4 members (excludes halogenated alkanes) is 8.